The van der Waals surface area contributed by atoms with Crippen LogP contribution in [0.25, 0.3) is 0 Å². The molecule has 2 heteroatoms. The largest absolute Gasteiger partial charge is 0.375 e. The minimum Gasteiger partial charge on any atom is -0.375 e. The van der Waals surface area contributed by atoms with Crippen LogP contribution >= 0.6 is 0 Å². The Hall–Kier alpha value is -0.0800. The first kappa shape index (κ1) is 14.8. The summed E-state index contributed by atoms with van der Waals surface area (Å²) in [5, 5.41) is 3.87. The maximum Gasteiger partial charge on any atom is 0.0685 e. The molecule has 116 valence electrons. The molecule has 0 bridgehead atoms. The summed E-state index contributed by atoms with van der Waals surface area (Å²) in [7, 11) is 0. The van der Waals surface area contributed by atoms with Gasteiger partial charge in [0.1, 0.15) is 0 Å². The van der Waals surface area contributed by atoms with Gasteiger partial charge in [-0.15, -0.1) is 0 Å². The van der Waals surface area contributed by atoms with Gasteiger partial charge in [-0.2, -0.15) is 0 Å². The molecule has 3 aliphatic rings. The number of hydrogen-bond donors (Lipinski definition) is 1. The van der Waals surface area contributed by atoms with Crippen LogP contribution in [0, 0.1) is 17.8 Å². The van der Waals surface area contributed by atoms with Crippen LogP contribution in [0.1, 0.15) is 71.6 Å². The second-order valence-corrected chi connectivity index (χ2v) is 7.57. The molecule has 20 heavy (non-hydrogen) atoms. The van der Waals surface area contributed by atoms with Gasteiger partial charge in [-0.25, -0.2) is 0 Å². The molecule has 4 unspecified atom stereocenters. The summed E-state index contributed by atoms with van der Waals surface area (Å²) < 4.78 is 6.14. The second-order valence-electron chi connectivity index (χ2n) is 7.57. The molecule has 0 aromatic heterocycles. The zero-order valence-electron chi connectivity index (χ0n) is 13.5. The third-order valence-electron chi connectivity index (χ3n) is 6.41. The molecule has 0 amide bonds. The summed E-state index contributed by atoms with van der Waals surface area (Å²) in [6, 6.07) is 0.762. The first-order valence-corrected chi connectivity index (χ1v) is 9.13. The van der Waals surface area contributed by atoms with Crippen molar-refractivity contribution in [1.82, 2.24) is 5.32 Å². The average molecular weight is 279 g/mol. The van der Waals surface area contributed by atoms with E-state index in [1.165, 1.54) is 57.8 Å². The topological polar surface area (TPSA) is 21.3 Å². The Kier molecular flexibility index (Phi) is 4.72. The van der Waals surface area contributed by atoms with Crippen LogP contribution in [-0.2, 0) is 4.74 Å². The fourth-order valence-corrected chi connectivity index (χ4v) is 5.06. The molecule has 3 fully saturated rings. The molecule has 2 saturated carbocycles. The zero-order chi connectivity index (χ0) is 14.0. The molecular weight excluding hydrogens is 246 g/mol. The summed E-state index contributed by atoms with van der Waals surface area (Å²) in [5.74, 6) is 2.79. The molecule has 1 N–H and O–H groups in total. The van der Waals surface area contributed by atoms with E-state index < -0.39 is 0 Å². The minimum absolute atomic E-state index is 0.305. The van der Waals surface area contributed by atoms with Gasteiger partial charge in [0.25, 0.3) is 0 Å². The maximum atomic E-state index is 6.14. The third-order valence-corrected chi connectivity index (χ3v) is 6.41. The summed E-state index contributed by atoms with van der Waals surface area (Å²) >= 11 is 0. The Morgan fingerprint density at radius 2 is 2.00 bits per heavy atom. The molecule has 2 aliphatic carbocycles. The van der Waals surface area contributed by atoms with Gasteiger partial charge in [0.15, 0.2) is 0 Å². The smallest absolute Gasteiger partial charge is 0.0685 e. The first-order chi connectivity index (χ1) is 9.76. The number of hydrogen-bond acceptors (Lipinski definition) is 2. The van der Waals surface area contributed by atoms with E-state index in [0.29, 0.717) is 5.60 Å². The minimum atomic E-state index is 0.305. The highest BCUT2D eigenvalue weighted by molar-refractivity contribution is 4.98. The average Bonchev–Trinajstić information content (AvgIpc) is 2.92. The van der Waals surface area contributed by atoms with Gasteiger partial charge in [0.05, 0.1) is 5.60 Å². The van der Waals surface area contributed by atoms with E-state index in [0.717, 1.165) is 36.9 Å². The third kappa shape index (κ3) is 2.92. The van der Waals surface area contributed by atoms with Crippen LogP contribution in [0.15, 0.2) is 0 Å². The predicted octanol–water partition coefficient (Wildman–Crippen LogP) is 4.14. The highest BCUT2D eigenvalue weighted by Gasteiger charge is 2.45. The standard InChI is InChI=1S/C18H33NO/c1-3-14-6-7-15(12-14)17(19-4-2)16-8-11-20-18(13-16)9-5-10-18/h14-17,19H,3-13H2,1-2H3. The fourth-order valence-electron chi connectivity index (χ4n) is 5.06. The molecule has 1 spiro atoms. The second kappa shape index (κ2) is 6.36. The van der Waals surface area contributed by atoms with Crippen molar-refractivity contribution in [2.45, 2.75) is 83.3 Å². The Morgan fingerprint density at radius 1 is 1.15 bits per heavy atom. The van der Waals surface area contributed by atoms with Crippen molar-refractivity contribution < 1.29 is 4.74 Å². The van der Waals surface area contributed by atoms with Crippen LogP contribution in [0.5, 0.6) is 0 Å². The lowest BCUT2D eigenvalue weighted by Gasteiger charge is -2.49. The molecule has 0 aromatic carbocycles. The van der Waals surface area contributed by atoms with Crippen LogP contribution in [0.3, 0.4) is 0 Å². The lowest BCUT2D eigenvalue weighted by atomic mass is 9.68. The van der Waals surface area contributed by atoms with Crippen molar-refractivity contribution in [2.24, 2.45) is 17.8 Å². The van der Waals surface area contributed by atoms with Gasteiger partial charge in [-0.3, -0.25) is 0 Å². The number of ether oxygens (including phenoxy) is 1. The van der Waals surface area contributed by atoms with E-state index in [2.05, 4.69) is 19.2 Å². The Labute approximate surface area is 125 Å². The quantitative estimate of drug-likeness (QED) is 0.816. The van der Waals surface area contributed by atoms with E-state index >= 15 is 0 Å². The molecule has 1 saturated heterocycles. The van der Waals surface area contributed by atoms with Crippen LogP contribution in [0.4, 0.5) is 0 Å². The van der Waals surface area contributed by atoms with Gasteiger partial charge in [0, 0.05) is 12.6 Å². The molecule has 1 heterocycles. The summed E-state index contributed by atoms with van der Waals surface area (Å²) in [5.41, 5.74) is 0.305. The lowest BCUT2D eigenvalue weighted by molar-refractivity contribution is -0.149. The van der Waals surface area contributed by atoms with Gasteiger partial charge in [0.2, 0.25) is 0 Å². The summed E-state index contributed by atoms with van der Waals surface area (Å²) in [4.78, 5) is 0. The Bertz CT molecular complexity index is 313. The fraction of sp³-hybridized carbons (Fsp3) is 1.00. The maximum absolute atomic E-state index is 6.14. The van der Waals surface area contributed by atoms with Gasteiger partial charge in [-0.05, 0) is 69.2 Å². The molecule has 4 atom stereocenters. The Balaban J connectivity index is 1.63. The monoisotopic (exact) mass is 279 g/mol. The zero-order valence-corrected chi connectivity index (χ0v) is 13.5. The van der Waals surface area contributed by atoms with Crippen molar-refractivity contribution in [2.75, 3.05) is 13.2 Å². The van der Waals surface area contributed by atoms with Crippen LogP contribution < -0.4 is 5.32 Å². The summed E-state index contributed by atoms with van der Waals surface area (Å²) in [6.07, 6.45) is 12.4. The predicted molar refractivity (Wildman–Crippen MR) is 83.8 cm³/mol. The normalized spacial score (nSPS) is 37.8. The Morgan fingerprint density at radius 3 is 2.60 bits per heavy atom. The SMILES string of the molecule is CCNC(C1CCC(CC)C1)C1CCOC2(CCC2)C1. The van der Waals surface area contributed by atoms with Crippen LogP contribution in [0.2, 0.25) is 0 Å². The number of rotatable bonds is 5. The van der Waals surface area contributed by atoms with Crippen molar-refractivity contribution in [3.8, 4) is 0 Å². The first-order valence-electron chi connectivity index (χ1n) is 9.13. The highest BCUT2D eigenvalue weighted by Crippen LogP contribution is 2.47. The van der Waals surface area contributed by atoms with Crippen molar-refractivity contribution in [3.05, 3.63) is 0 Å². The van der Waals surface area contributed by atoms with E-state index in [1.54, 1.807) is 0 Å². The summed E-state index contributed by atoms with van der Waals surface area (Å²) in [6.45, 7) is 6.78. The van der Waals surface area contributed by atoms with Crippen molar-refractivity contribution >= 4 is 0 Å². The van der Waals surface area contributed by atoms with E-state index in [1.807, 2.05) is 0 Å². The molecular formula is C18H33NO. The molecule has 3 rings (SSSR count). The van der Waals surface area contributed by atoms with Gasteiger partial charge >= 0.3 is 0 Å². The van der Waals surface area contributed by atoms with E-state index in [9.17, 15) is 0 Å². The molecule has 0 radical (unpaired) electrons. The van der Waals surface area contributed by atoms with Gasteiger partial charge < -0.3 is 10.1 Å². The van der Waals surface area contributed by atoms with Crippen LogP contribution in [-0.4, -0.2) is 24.8 Å². The van der Waals surface area contributed by atoms with Crippen molar-refractivity contribution in [3.63, 3.8) is 0 Å². The van der Waals surface area contributed by atoms with Gasteiger partial charge in [-0.1, -0.05) is 26.7 Å². The molecule has 2 nitrogen and oxygen atoms in total. The lowest BCUT2D eigenvalue weighted by Crippen LogP contribution is -2.52. The van der Waals surface area contributed by atoms with E-state index in [4.69, 9.17) is 4.74 Å². The molecule has 1 aliphatic heterocycles. The number of nitrogens with one attached hydrogen (secondary N) is 1. The molecule has 0 aromatic rings. The highest BCUT2D eigenvalue weighted by atomic mass is 16.5. The van der Waals surface area contributed by atoms with E-state index in [-0.39, 0.29) is 0 Å². The van der Waals surface area contributed by atoms with Crippen molar-refractivity contribution in [1.29, 1.82) is 0 Å².